The van der Waals surface area contributed by atoms with E-state index in [0.717, 1.165) is 12.1 Å². The summed E-state index contributed by atoms with van der Waals surface area (Å²) in [6.45, 7) is 5.87. The van der Waals surface area contributed by atoms with Crippen LogP contribution in [0.2, 0.25) is 0 Å². The molecule has 0 aliphatic heterocycles. The van der Waals surface area contributed by atoms with Crippen LogP contribution in [0.4, 0.5) is 0 Å². The minimum absolute atomic E-state index is 0.0178. The predicted molar refractivity (Wildman–Crippen MR) is 81.4 cm³/mol. The van der Waals surface area contributed by atoms with Gasteiger partial charge in [0.2, 0.25) is 0 Å². The van der Waals surface area contributed by atoms with Crippen molar-refractivity contribution < 1.29 is 9.53 Å². The molecule has 0 bridgehead atoms. The molecule has 2 aromatic rings. The van der Waals surface area contributed by atoms with Crippen LogP contribution in [0, 0.1) is 0 Å². The monoisotopic (exact) mass is 290 g/mol. The van der Waals surface area contributed by atoms with E-state index in [1.807, 2.05) is 42.8 Å². The molecule has 0 saturated heterocycles. The molecule has 0 aromatic carbocycles. The Balaban J connectivity index is 2.13. The van der Waals surface area contributed by atoms with Crippen LogP contribution in [0.25, 0.3) is 5.65 Å². The summed E-state index contributed by atoms with van der Waals surface area (Å²) in [5, 5.41) is 0. The topological polar surface area (TPSA) is 72.9 Å². The molecular weight excluding hydrogens is 268 g/mol. The van der Waals surface area contributed by atoms with Crippen molar-refractivity contribution in [1.82, 2.24) is 14.3 Å². The lowest BCUT2D eigenvalue weighted by molar-refractivity contribution is -0.132. The third-order valence-electron chi connectivity index (χ3n) is 3.36. The predicted octanol–water partition coefficient (Wildman–Crippen LogP) is 1.08. The van der Waals surface area contributed by atoms with Gasteiger partial charge in [-0.25, -0.2) is 4.98 Å². The van der Waals surface area contributed by atoms with Crippen molar-refractivity contribution in [3.05, 3.63) is 30.2 Å². The van der Waals surface area contributed by atoms with Crippen LogP contribution in [0.1, 0.15) is 19.5 Å². The van der Waals surface area contributed by atoms with Crippen molar-refractivity contribution in [2.45, 2.75) is 20.3 Å². The fraction of sp³-hybridized carbons (Fsp3) is 0.467. The van der Waals surface area contributed by atoms with Gasteiger partial charge in [0.1, 0.15) is 0 Å². The Kier molecular flexibility index (Phi) is 5.16. The van der Waals surface area contributed by atoms with Crippen molar-refractivity contribution in [3.8, 4) is 5.75 Å². The Bertz CT molecular complexity index is 605. The van der Waals surface area contributed by atoms with Gasteiger partial charge in [-0.1, -0.05) is 0 Å². The number of imidazole rings is 1. The summed E-state index contributed by atoms with van der Waals surface area (Å²) >= 11 is 0. The Morgan fingerprint density at radius 2 is 2.19 bits per heavy atom. The van der Waals surface area contributed by atoms with Gasteiger partial charge < -0.3 is 19.8 Å². The number of nitrogens with two attached hydrogens (primary N) is 1. The molecule has 0 spiro atoms. The summed E-state index contributed by atoms with van der Waals surface area (Å²) in [5.74, 6) is 0.594. The number of nitrogens with zero attached hydrogens (tertiary/aromatic N) is 3. The summed E-state index contributed by atoms with van der Waals surface area (Å²) in [6.07, 6.45) is 4.56. The van der Waals surface area contributed by atoms with E-state index in [1.165, 1.54) is 0 Å². The van der Waals surface area contributed by atoms with Crippen molar-refractivity contribution in [3.63, 3.8) is 0 Å². The third kappa shape index (κ3) is 3.52. The Labute approximate surface area is 124 Å². The van der Waals surface area contributed by atoms with Crippen molar-refractivity contribution in [2.75, 3.05) is 26.2 Å². The second-order valence-corrected chi connectivity index (χ2v) is 4.73. The van der Waals surface area contributed by atoms with Gasteiger partial charge >= 0.3 is 0 Å². The number of rotatable bonds is 7. The molecule has 0 fully saturated rings. The van der Waals surface area contributed by atoms with Crippen LogP contribution in [0.5, 0.6) is 5.75 Å². The zero-order chi connectivity index (χ0) is 15.2. The molecule has 2 rings (SSSR count). The Hall–Kier alpha value is -2.08. The number of aromatic nitrogens is 2. The number of hydrogen-bond acceptors (Lipinski definition) is 4. The fourth-order valence-corrected chi connectivity index (χ4v) is 2.23. The van der Waals surface area contributed by atoms with E-state index in [-0.39, 0.29) is 12.5 Å². The molecular formula is C15H22N4O2. The number of amides is 1. The van der Waals surface area contributed by atoms with Crippen molar-refractivity contribution in [1.29, 1.82) is 0 Å². The molecule has 0 radical (unpaired) electrons. The molecule has 2 aromatic heterocycles. The molecule has 0 atom stereocenters. The highest BCUT2D eigenvalue weighted by atomic mass is 16.5. The largest absolute Gasteiger partial charge is 0.480 e. The highest BCUT2D eigenvalue weighted by Crippen LogP contribution is 2.19. The van der Waals surface area contributed by atoms with Gasteiger partial charge in [0, 0.05) is 31.9 Å². The third-order valence-corrected chi connectivity index (χ3v) is 3.36. The SMILES string of the molecule is CCN(CC)C(=O)COc1cccn2cc(CCN)nc12. The van der Waals surface area contributed by atoms with Crippen molar-refractivity contribution >= 4 is 11.6 Å². The lowest BCUT2D eigenvalue weighted by Gasteiger charge is -2.18. The molecule has 2 N–H and O–H groups in total. The molecule has 6 heteroatoms. The number of hydrogen-bond donors (Lipinski definition) is 1. The van der Waals surface area contributed by atoms with Gasteiger partial charge in [0.25, 0.3) is 5.91 Å². The first-order valence-electron chi connectivity index (χ1n) is 7.26. The fourth-order valence-electron chi connectivity index (χ4n) is 2.23. The maximum atomic E-state index is 12.0. The number of pyridine rings is 1. The molecule has 114 valence electrons. The molecule has 0 aliphatic rings. The first kappa shape index (κ1) is 15.3. The van der Waals surface area contributed by atoms with Gasteiger partial charge in [-0.3, -0.25) is 4.79 Å². The molecule has 0 unspecified atom stereocenters. The van der Waals surface area contributed by atoms with Gasteiger partial charge in [-0.2, -0.15) is 0 Å². The van der Waals surface area contributed by atoms with Crippen LogP contribution >= 0.6 is 0 Å². The maximum absolute atomic E-state index is 12.0. The normalized spacial score (nSPS) is 10.8. The summed E-state index contributed by atoms with van der Waals surface area (Å²) in [5.41, 5.74) is 7.19. The van der Waals surface area contributed by atoms with Crippen LogP contribution in [-0.2, 0) is 11.2 Å². The van der Waals surface area contributed by atoms with E-state index in [2.05, 4.69) is 4.98 Å². The van der Waals surface area contributed by atoms with Gasteiger partial charge in [0.05, 0.1) is 5.69 Å². The summed E-state index contributed by atoms with van der Waals surface area (Å²) in [4.78, 5) is 18.2. The van der Waals surface area contributed by atoms with E-state index >= 15 is 0 Å². The minimum Gasteiger partial charge on any atom is -0.480 e. The second kappa shape index (κ2) is 7.08. The van der Waals surface area contributed by atoms with Gasteiger partial charge in [-0.15, -0.1) is 0 Å². The van der Waals surface area contributed by atoms with Crippen LogP contribution < -0.4 is 10.5 Å². The summed E-state index contributed by atoms with van der Waals surface area (Å²) in [7, 11) is 0. The number of fused-ring (bicyclic) bond motifs is 1. The quantitative estimate of drug-likeness (QED) is 0.828. The molecule has 0 saturated carbocycles. The average Bonchev–Trinajstić information content (AvgIpc) is 2.89. The van der Waals surface area contributed by atoms with E-state index in [9.17, 15) is 4.79 Å². The van der Waals surface area contributed by atoms with Crippen molar-refractivity contribution in [2.24, 2.45) is 5.73 Å². The van der Waals surface area contributed by atoms with Gasteiger partial charge in [0.15, 0.2) is 18.0 Å². The average molecular weight is 290 g/mol. The molecule has 1 amide bonds. The summed E-state index contributed by atoms with van der Waals surface area (Å²) < 4.78 is 7.54. The van der Waals surface area contributed by atoms with Crippen LogP contribution in [0.3, 0.4) is 0 Å². The highest BCUT2D eigenvalue weighted by molar-refractivity contribution is 5.78. The van der Waals surface area contributed by atoms with E-state index in [1.54, 1.807) is 4.90 Å². The molecule has 0 aliphatic carbocycles. The smallest absolute Gasteiger partial charge is 0.260 e. The highest BCUT2D eigenvalue weighted by Gasteiger charge is 2.12. The van der Waals surface area contributed by atoms with Gasteiger partial charge in [-0.05, 0) is 32.5 Å². The summed E-state index contributed by atoms with van der Waals surface area (Å²) in [6, 6.07) is 3.70. The molecule has 21 heavy (non-hydrogen) atoms. The van der Waals surface area contributed by atoms with E-state index < -0.39 is 0 Å². The minimum atomic E-state index is -0.0178. The Morgan fingerprint density at radius 1 is 1.43 bits per heavy atom. The lowest BCUT2D eigenvalue weighted by atomic mass is 10.3. The van der Waals surface area contributed by atoms with E-state index in [0.29, 0.717) is 31.0 Å². The number of carbonyl (C=O) groups excluding carboxylic acids is 1. The van der Waals surface area contributed by atoms with Crippen LogP contribution in [0.15, 0.2) is 24.5 Å². The standard InChI is InChI=1S/C15H22N4O2/c1-3-18(4-2)14(20)11-21-13-6-5-9-19-10-12(7-8-16)17-15(13)19/h5-6,9-10H,3-4,7-8,11,16H2,1-2H3. The number of ether oxygens (including phenoxy) is 1. The van der Waals surface area contributed by atoms with E-state index in [4.69, 9.17) is 10.5 Å². The van der Waals surface area contributed by atoms with Crippen LogP contribution in [-0.4, -0.2) is 46.4 Å². The number of likely N-dealkylation sites (N-methyl/N-ethyl adjacent to an activating group) is 1. The zero-order valence-electron chi connectivity index (χ0n) is 12.6. The zero-order valence-corrected chi connectivity index (χ0v) is 12.6. The first-order valence-corrected chi connectivity index (χ1v) is 7.26. The molecule has 2 heterocycles. The molecule has 6 nitrogen and oxygen atoms in total. The number of carbonyl (C=O) groups is 1. The Morgan fingerprint density at radius 3 is 2.86 bits per heavy atom. The second-order valence-electron chi connectivity index (χ2n) is 4.73. The maximum Gasteiger partial charge on any atom is 0.260 e. The lowest BCUT2D eigenvalue weighted by Crippen LogP contribution is -2.34. The first-order chi connectivity index (χ1) is 10.2.